The fourth-order valence-electron chi connectivity index (χ4n) is 5.07. The maximum Gasteiger partial charge on any atom is 0.336 e. The Morgan fingerprint density at radius 2 is 2.00 bits per heavy atom. The first-order chi connectivity index (χ1) is 8.79. The lowest BCUT2D eigenvalue weighted by Crippen LogP contribution is -2.63. The van der Waals surface area contributed by atoms with Gasteiger partial charge in [0, 0.05) is 5.41 Å². The fourth-order valence-corrected chi connectivity index (χ4v) is 5.07. The van der Waals surface area contributed by atoms with E-state index in [0.29, 0.717) is 6.42 Å². The summed E-state index contributed by atoms with van der Waals surface area (Å²) >= 11 is 0. The highest BCUT2D eigenvalue weighted by molar-refractivity contribution is 5.93. The summed E-state index contributed by atoms with van der Waals surface area (Å²) in [4.78, 5) is 11.9. The van der Waals surface area contributed by atoms with Crippen molar-refractivity contribution in [3.05, 3.63) is 12.2 Å². The number of rotatable bonds is 0. The van der Waals surface area contributed by atoms with Crippen molar-refractivity contribution in [1.29, 1.82) is 0 Å². The van der Waals surface area contributed by atoms with Crippen LogP contribution in [0.2, 0.25) is 0 Å². The van der Waals surface area contributed by atoms with Crippen LogP contribution in [0.15, 0.2) is 12.2 Å². The molecule has 2 heterocycles. The van der Waals surface area contributed by atoms with Gasteiger partial charge in [0.25, 0.3) is 0 Å². The van der Waals surface area contributed by atoms with Gasteiger partial charge >= 0.3 is 5.97 Å². The Morgan fingerprint density at radius 1 is 1.26 bits per heavy atom. The average Bonchev–Trinajstić information content (AvgIpc) is 2.92. The normalized spacial score (nSPS) is 59.0. The van der Waals surface area contributed by atoms with E-state index in [2.05, 4.69) is 20.4 Å². The zero-order valence-corrected chi connectivity index (χ0v) is 11.5. The van der Waals surface area contributed by atoms with E-state index in [-0.39, 0.29) is 16.6 Å². The van der Waals surface area contributed by atoms with Crippen molar-refractivity contribution in [2.24, 2.45) is 5.41 Å². The van der Waals surface area contributed by atoms with Gasteiger partial charge in [-0.05, 0) is 39.0 Å². The van der Waals surface area contributed by atoms with Crippen LogP contribution < -0.4 is 0 Å². The molecule has 104 valence electrons. The summed E-state index contributed by atoms with van der Waals surface area (Å²) in [6, 6.07) is 0. The van der Waals surface area contributed by atoms with E-state index in [4.69, 9.17) is 9.47 Å². The molecule has 4 heteroatoms. The molecule has 4 rings (SSSR count). The van der Waals surface area contributed by atoms with Crippen LogP contribution in [-0.2, 0) is 14.3 Å². The van der Waals surface area contributed by atoms with Crippen molar-refractivity contribution >= 4 is 5.97 Å². The van der Waals surface area contributed by atoms with Gasteiger partial charge in [0.05, 0.1) is 11.2 Å². The second kappa shape index (κ2) is 2.91. The molecule has 4 nitrogen and oxygen atoms in total. The van der Waals surface area contributed by atoms with Crippen molar-refractivity contribution in [3.8, 4) is 0 Å². The third-order valence-corrected chi connectivity index (χ3v) is 6.26. The lowest BCUT2D eigenvalue weighted by atomic mass is 9.52. The Bertz CT molecular complexity index is 514. The first-order valence-corrected chi connectivity index (χ1v) is 7.12. The molecule has 2 aliphatic carbocycles. The lowest BCUT2D eigenvalue weighted by Gasteiger charge is -2.51. The van der Waals surface area contributed by atoms with Crippen LogP contribution >= 0.6 is 0 Å². The number of carbonyl (C=O) groups excluding carboxylic acids is 1. The Morgan fingerprint density at radius 3 is 2.74 bits per heavy atom. The minimum atomic E-state index is -1.23. The van der Waals surface area contributed by atoms with Gasteiger partial charge < -0.3 is 14.6 Å². The van der Waals surface area contributed by atoms with Crippen LogP contribution in [0.3, 0.4) is 0 Å². The SMILES string of the molecule is C=C1C(=O)OC2C34OC3(C)CCCC4(C)CC[C@@]12O. The third kappa shape index (κ3) is 1.02. The Hall–Kier alpha value is -0.870. The number of epoxide rings is 1. The van der Waals surface area contributed by atoms with Crippen molar-refractivity contribution in [2.45, 2.75) is 68.9 Å². The molecule has 5 atom stereocenters. The predicted molar refractivity (Wildman–Crippen MR) is 67.4 cm³/mol. The molecule has 19 heavy (non-hydrogen) atoms. The van der Waals surface area contributed by atoms with Crippen molar-refractivity contribution in [2.75, 3.05) is 0 Å². The Balaban J connectivity index is 1.87. The highest BCUT2D eigenvalue weighted by atomic mass is 16.7. The third-order valence-electron chi connectivity index (χ3n) is 6.26. The summed E-state index contributed by atoms with van der Waals surface area (Å²) in [5, 5.41) is 10.9. The number of carbonyl (C=O) groups is 1. The number of hydrogen-bond acceptors (Lipinski definition) is 4. The van der Waals surface area contributed by atoms with Crippen LogP contribution in [0.25, 0.3) is 0 Å². The van der Waals surface area contributed by atoms with E-state index in [1.54, 1.807) is 0 Å². The smallest absolute Gasteiger partial charge is 0.336 e. The monoisotopic (exact) mass is 264 g/mol. The summed E-state index contributed by atoms with van der Waals surface area (Å²) in [6.45, 7) is 8.05. The highest BCUT2D eigenvalue weighted by Gasteiger charge is 2.85. The van der Waals surface area contributed by atoms with E-state index >= 15 is 0 Å². The number of esters is 1. The van der Waals surface area contributed by atoms with Gasteiger partial charge in [0.1, 0.15) is 11.2 Å². The van der Waals surface area contributed by atoms with Crippen LogP contribution in [0.1, 0.15) is 46.0 Å². The van der Waals surface area contributed by atoms with Gasteiger partial charge in [-0.1, -0.05) is 13.5 Å². The van der Waals surface area contributed by atoms with E-state index in [1.807, 2.05) is 0 Å². The summed E-state index contributed by atoms with van der Waals surface area (Å²) in [7, 11) is 0. The summed E-state index contributed by atoms with van der Waals surface area (Å²) < 4.78 is 11.7. The second-order valence-electron chi connectivity index (χ2n) is 7.17. The maximum absolute atomic E-state index is 11.9. The largest absolute Gasteiger partial charge is 0.452 e. The summed E-state index contributed by atoms with van der Waals surface area (Å²) in [5.74, 6) is -0.463. The average molecular weight is 264 g/mol. The van der Waals surface area contributed by atoms with Crippen LogP contribution in [0.4, 0.5) is 0 Å². The zero-order valence-electron chi connectivity index (χ0n) is 11.5. The van der Waals surface area contributed by atoms with Crippen LogP contribution in [-0.4, -0.2) is 34.0 Å². The molecule has 0 bridgehead atoms. The van der Waals surface area contributed by atoms with E-state index in [0.717, 1.165) is 25.7 Å². The molecular formula is C15H20O4. The number of aliphatic hydroxyl groups is 1. The van der Waals surface area contributed by atoms with Gasteiger partial charge in [-0.25, -0.2) is 4.79 Å². The number of ether oxygens (including phenoxy) is 2. The van der Waals surface area contributed by atoms with Gasteiger partial charge in [0.15, 0.2) is 6.10 Å². The van der Waals surface area contributed by atoms with Gasteiger partial charge in [-0.3, -0.25) is 0 Å². The molecule has 4 fully saturated rings. The molecule has 4 aliphatic rings. The lowest BCUT2D eigenvalue weighted by molar-refractivity contribution is -0.165. The molecule has 1 N–H and O–H groups in total. The molecule has 4 unspecified atom stereocenters. The first kappa shape index (κ1) is 11.9. The molecular weight excluding hydrogens is 244 g/mol. The molecule has 0 aromatic carbocycles. The number of fused-ring (bicyclic) bond motifs is 1. The summed E-state index contributed by atoms with van der Waals surface area (Å²) in [6.07, 6.45) is 3.99. The van der Waals surface area contributed by atoms with E-state index < -0.39 is 23.3 Å². The minimum Gasteiger partial charge on any atom is -0.452 e. The predicted octanol–water partition coefficient (Wildman–Crippen LogP) is 1.71. The molecule has 1 spiro atoms. The van der Waals surface area contributed by atoms with Gasteiger partial charge in [-0.15, -0.1) is 0 Å². The molecule has 0 amide bonds. The molecule has 0 aromatic heterocycles. The van der Waals surface area contributed by atoms with Crippen LogP contribution in [0.5, 0.6) is 0 Å². The van der Waals surface area contributed by atoms with Crippen molar-refractivity contribution in [3.63, 3.8) is 0 Å². The minimum absolute atomic E-state index is 0.0121. The summed E-state index contributed by atoms with van der Waals surface area (Å²) in [5.41, 5.74) is -1.81. The van der Waals surface area contributed by atoms with Crippen molar-refractivity contribution in [1.82, 2.24) is 0 Å². The number of hydrogen-bond donors (Lipinski definition) is 1. The second-order valence-corrected chi connectivity index (χ2v) is 7.17. The topological polar surface area (TPSA) is 59.1 Å². The van der Waals surface area contributed by atoms with Crippen LogP contribution in [0, 0.1) is 5.41 Å². The zero-order chi connectivity index (χ0) is 13.7. The Labute approximate surface area is 112 Å². The molecule has 0 aromatic rings. The first-order valence-electron chi connectivity index (χ1n) is 7.12. The maximum atomic E-state index is 11.9. The molecule has 2 saturated carbocycles. The Kier molecular flexibility index (Phi) is 1.83. The van der Waals surface area contributed by atoms with Gasteiger partial charge in [-0.2, -0.15) is 0 Å². The van der Waals surface area contributed by atoms with E-state index in [1.165, 1.54) is 0 Å². The standard InChI is InChI=1S/C15H20O4/c1-9-10(16)18-11-14(9,17)8-7-12(2)5-4-6-13(3)15(11,12)19-13/h11,17H,1,4-8H2,2-3H3/t11?,12?,13?,14-,15?/m1/s1. The van der Waals surface area contributed by atoms with E-state index in [9.17, 15) is 9.90 Å². The van der Waals surface area contributed by atoms with Crippen molar-refractivity contribution < 1.29 is 19.4 Å². The highest BCUT2D eigenvalue weighted by Crippen LogP contribution is 2.73. The fraction of sp³-hybridized carbons (Fsp3) is 0.800. The molecule has 0 radical (unpaired) electrons. The molecule has 2 saturated heterocycles. The quantitative estimate of drug-likeness (QED) is 0.411. The van der Waals surface area contributed by atoms with Gasteiger partial charge in [0.2, 0.25) is 0 Å². The molecule has 2 aliphatic heterocycles.